The molecule has 0 amide bonds. The zero-order valence-electron chi connectivity index (χ0n) is 17.9. The lowest BCUT2D eigenvalue weighted by Crippen LogP contribution is -1.92. The number of aromatic nitrogens is 1. The molecule has 1 aliphatic rings. The molecule has 5 rings (SSSR count). The summed E-state index contributed by atoms with van der Waals surface area (Å²) in [4.78, 5) is 7.78. The third-order valence-corrected chi connectivity index (χ3v) is 5.21. The molecule has 154 valence electrons. The van der Waals surface area contributed by atoms with Crippen molar-refractivity contribution in [3.05, 3.63) is 149 Å². The minimum absolute atomic E-state index is 0.951. The van der Waals surface area contributed by atoms with Crippen LogP contribution in [0.3, 0.4) is 0 Å². The first-order chi connectivity index (χ1) is 16.3. The number of aliphatic imine (C=N–C) groups is 1. The van der Waals surface area contributed by atoms with Crippen LogP contribution >= 0.6 is 0 Å². The molecule has 0 saturated carbocycles. The molecule has 1 aliphatic heterocycles. The Kier molecular flexibility index (Phi) is 5.83. The minimum atomic E-state index is 0.951. The van der Waals surface area contributed by atoms with Gasteiger partial charge in [-0.15, -0.1) is 0 Å². The van der Waals surface area contributed by atoms with Gasteiger partial charge in [-0.3, -0.25) is 4.99 Å². The number of hydrogen-bond acceptors (Lipinski definition) is 1. The van der Waals surface area contributed by atoms with Gasteiger partial charge in [-0.25, -0.2) is 0 Å². The van der Waals surface area contributed by atoms with Gasteiger partial charge in [0.1, 0.15) is 0 Å². The zero-order valence-corrected chi connectivity index (χ0v) is 17.9. The van der Waals surface area contributed by atoms with E-state index in [1.165, 1.54) is 0 Å². The van der Waals surface area contributed by atoms with Gasteiger partial charge in [0, 0.05) is 45.9 Å². The third-order valence-electron chi connectivity index (χ3n) is 5.21. The predicted octanol–water partition coefficient (Wildman–Crippen LogP) is 6.21. The highest BCUT2D eigenvalue weighted by Gasteiger charge is 2.12. The van der Waals surface area contributed by atoms with Crippen LogP contribution in [0, 0.1) is 23.7 Å². The summed E-state index contributed by atoms with van der Waals surface area (Å²) in [5, 5.41) is 0. The van der Waals surface area contributed by atoms with Gasteiger partial charge in [-0.1, -0.05) is 54.0 Å². The lowest BCUT2D eigenvalue weighted by molar-refractivity contribution is 1.32. The Morgan fingerprint density at radius 2 is 1.18 bits per heavy atom. The van der Waals surface area contributed by atoms with E-state index in [1.807, 2.05) is 97.4 Å². The van der Waals surface area contributed by atoms with Gasteiger partial charge in [-0.05, 0) is 78.4 Å². The van der Waals surface area contributed by atoms with Crippen LogP contribution in [0.1, 0.15) is 33.5 Å². The summed E-state index contributed by atoms with van der Waals surface area (Å²) < 4.78 is 0. The second kappa shape index (κ2) is 9.56. The van der Waals surface area contributed by atoms with Gasteiger partial charge in [0.2, 0.25) is 0 Å². The van der Waals surface area contributed by atoms with Crippen molar-refractivity contribution in [2.45, 2.75) is 0 Å². The van der Waals surface area contributed by atoms with Crippen molar-refractivity contribution in [1.29, 1.82) is 0 Å². The summed E-state index contributed by atoms with van der Waals surface area (Å²) in [5.41, 5.74) is 8.09. The number of nitrogens with zero attached hydrogens (tertiary/aromatic N) is 1. The lowest BCUT2D eigenvalue weighted by atomic mass is 9.99. The van der Waals surface area contributed by atoms with Crippen LogP contribution in [0.15, 0.2) is 120 Å². The average Bonchev–Trinajstić information content (AvgIpc) is 3.59. The molecule has 0 radical (unpaired) electrons. The van der Waals surface area contributed by atoms with Crippen molar-refractivity contribution in [2.24, 2.45) is 4.99 Å². The fourth-order valence-electron chi connectivity index (χ4n) is 3.54. The molecule has 4 aromatic rings. The van der Waals surface area contributed by atoms with Crippen LogP contribution in [0.5, 0.6) is 0 Å². The van der Waals surface area contributed by atoms with Gasteiger partial charge in [0.25, 0.3) is 0 Å². The molecule has 2 heterocycles. The number of aromatic amines is 1. The van der Waals surface area contributed by atoms with Crippen molar-refractivity contribution in [3.8, 4) is 23.7 Å². The van der Waals surface area contributed by atoms with E-state index in [-0.39, 0.29) is 0 Å². The summed E-state index contributed by atoms with van der Waals surface area (Å²) >= 11 is 0. The van der Waals surface area contributed by atoms with Gasteiger partial charge in [0.15, 0.2) is 0 Å². The van der Waals surface area contributed by atoms with E-state index in [0.29, 0.717) is 0 Å². The van der Waals surface area contributed by atoms with Gasteiger partial charge in [-0.2, -0.15) is 0 Å². The molecule has 0 bridgehead atoms. The molecule has 0 aliphatic carbocycles. The Balaban J connectivity index is 1.33. The monoisotopic (exact) mass is 420 g/mol. The van der Waals surface area contributed by atoms with Crippen molar-refractivity contribution in [1.82, 2.24) is 4.98 Å². The molecule has 2 heteroatoms. The summed E-state index contributed by atoms with van der Waals surface area (Å²) in [6, 6.07) is 30.4. The first-order valence-electron chi connectivity index (χ1n) is 10.7. The van der Waals surface area contributed by atoms with Gasteiger partial charge in [0.05, 0.1) is 5.70 Å². The molecule has 3 aromatic carbocycles. The van der Waals surface area contributed by atoms with Crippen LogP contribution in [-0.4, -0.2) is 11.2 Å². The van der Waals surface area contributed by atoms with E-state index in [0.717, 1.165) is 44.8 Å². The van der Waals surface area contributed by atoms with E-state index in [9.17, 15) is 0 Å². The Morgan fingerprint density at radius 1 is 0.606 bits per heavy atom. The van der Waals surface area contributed by atoms with E-state index in [1.54, 1.807) is 0 Å². The normalized spacial score (nSPS) is 13.1. The molecule has 33 heavy (non-hydrogen) atoms. The Labute approximate surface area is 194 Å². The van der Waals surface area contributed by atoms with Crippen LogP contribution in [0.4, 0.5) is 0 Å². The number of allylic oxidation sites excluding steroid dienone is 2. The molecular weight excluding hydrogens is 400 g/mol. The molecule has 2 nitrogen and oxygen atoms in total. The van der Waals surface area contributed by atoms with Crippen molar-refractivity contribution >= 4 is 11.8 Å². The summed E-state index contributed by atoms with van der Waals surface area (Å²) in [6.45, 7) is 0. The highest BCUT2D eigenvalue weighted by Crippen LogP contribution is 2.28. The van der Waals surface area contributed by atoms with Gasteiger partial charge < -0.3 is 4.98 Å². The van der Waals surface area contributed by atoms with Crippen molar-refractivity contribution < 1.29 is 0 Å². The Morgan fingerprint density at radius 3 is 1.70 bits per heavy atom. The summed E-state index contributed by atoms with van der Waals surface area (Å²) in [5.74, 6) is 12.9. The fraction of sp³-hybridized carbons (Fsp3) is 0. The van der Waals surface area contributed by atoms with E-state index < -0.39 is 0 Å². The van der Waals surface area contributed by atoms with Crippen LogP contribution in [0.2, 0.25) is 0 Å². The van der Waals surface area contributed by atoms with E-state index in [2.05, 4.69) is 51.9 Å². The number of rotatable bonds is 2. The second-order valence-electron chi connectivity index (χ2n) is 7.50. The number of nitrogens with one attached hydrogen (secondary N) is 1. The Bertz CT molecular complexity index is 1450. The topological polar surface area (TPSA) is 28.1 Å². The molecule has 1 aromatic heterocycles. The SMILES string of the molecule is C(#Cc1ccc(C#Cc2ccc(/C(=C3\C=CC=N3)c3ccc[nH]3)cc2)cc1)c1ccccc1. The van der Waals surface area contributed by atoms with E-state index >= 15 is 0 Å². The highest BCUT2D eigenvalue weighted by atomic mass is 14.8. The van der Waals surface area contributed by atoms with Crippen LogP contribution in [0.25, 0.3) is 5.57 Å². The molecule has 0 saturated heterocycles. The first kappa shape index (κ1) is 20.1. The van der Waals surface area contributed by atoms with Crippen molar-refractivity contribution in [3.63, 3.8) is 0 Å². The number of hydrogen-bond donors (Lipinski definition) is 1. The standard InChI is InChI=1S/C31H20N2/c1-2-6-24(7-3-1)10-11-25-12-14-26(15-13-25)16-17-27-18-20-28(21-19-27)31(29-8-4-22-32-29)30-9-5-23-33-30/h1-9,12-15,18-23,32H/b31-30-. The predicted molar refractivity (Wildman–Crippen MR) is 136 cm³/mol. The first-order valence-corrected chi connectivity index (χ1v) is 10.7. The third kappa shape index (κ3) is 4.93. The van der Waals surface area contributed by atoms with Gasteiger partial charge >= 0.3 is 0 Å². The van der Waals surface area contributed by atoms with Crippen molar-refractivity contribution in [2.75, 3.05) is 0 Å². The largest absolute Gasteiger partial charge is 0.361 e. The minimum Gasteiger partial charge on any atom is -0.361 e. The maximum atomic E-state index is 4.49. The second-order valence-corrected chi connectivity index (χ2v) is 7.50. The summed E-state index contributed by atoms with van der Waals surface area (Å²) in [6.07, 6.45) is 7.72. The molecular formula is C31H20N2. The quantitative estimate of drug-likeness (QED) is 0.373. The average molecular weight is 421 g/mol. The van der Waals surface area contributed by atoms with E-state index in [4.69, 9.17) is 0 Å². The molecule has 1 N–H and O–H groups in total. The summed E-state index contributed by atoms with van der Waals surface area (Å²) in [7, 11) is 0. The maximum absolute atomic E-state index is 4.49. The van der Waals surface area contributed by atoms with Crippen LogP contribution < -0.4 is 0 Å². The Hall–Kier alpha value is -4.79. The lowest BCUT2D eigenvalue weighted by Gasteiger charge is -2.08. The maximum Gasteiger partial charge on any atom is 0.0729 e. The molecule has 0 spiro atoms. The number of benzene rings is 3. The fourth-order valence-corrected chi connectivity index (χ4v) is 3.54. The molecule has 0 unspecified atom stereocenters. The molecule has 0 fully saturated rings. The number of H-pyrrole nitrogens is 1. The smallest absolute Gasteiger partial charge is 0.0729 e. The van der Waals surface area contributed by atoms with Crippen LogP contribution in [-0.2, 0) is 0 Å². The zero-order chi connectivity index (χ0) is 22.3. The highest BCUT2D eigenvalue weighted by molar-refractivity contribution is 5.88. The molecule has 0 atom stereocenters.